The van der Waals surface area contributed by atoms with Gasteiger partial charge in [-0.25, -0.2) is 0 Å². The molecule has 0 aliphatic carbocycles. The molecule has 10 rings (SSSR count). The van der Waals surface area contributed by atoms with E-state index in [9.17, 15) is 0 Å². The molecule has 2 heterocycles. The van der Waals surface area contributed by atoms with E-state index in [1.165, 1.54) is 37.8 Å². The Morgan fingerprint density at radius 3 is 1.98 bits per heavy atom. The van der Waals surface area contributed by atoms with E-state index >= 15 is 0 Å². The lowest BCUT2D eigenvalue weighted by Crippen LogP contribution is -2.10. The summed E-state index contributed by atoms with van der Waals surface area (Å²) in [6.07, 6.45) is 0. The normalized spacial score (nSPS) is 11.8. The molecule has 3 heteroatoms. The van der Waals surface area contributed by atoms with Crippen molar-refractivity contribution in [3.8, 4) is 5.69 Å². The molecular formula is C44H28N2O. The summed E-state index contributed by atoms with van der Waals surface area (Å²) in [6, 6.07) is 60.8. The van der Waals surface area contributed by atoms with Crippen LogP contribution in [0.15, 0.2) is 174 Å². The van der Waals surface area contributed by atoms with Gasteiger partial charge in [0.15, 0.2) is 0 Å². The summed E-state index contributed by atoms with van der Waals surface area (Å²) in [5, 5.41) is 9.63. The maximum Gasteiger partial charge on any atom is 0.137 e. The van der Waals surface area contributed by atoms with Crippen LogP contribution in [0.2, 0.25) is 0 Å². The predicted molar refractivity (Wildman–Crippen MR) is 198 cm³/mol. The zero-order valence-corrected chi connectivity index (χ0v) is 25.5. The summed E-state index contributed by atoms with van der Waals surface area (Å²) in [6.45, 7) is 0. The molecule has 0 N–H and O–H groups in total. The summed E-state index contributed by atoms with van der Waals surface area (Å²) in [5.74, 6) is 0. The number of furan rings is 1. The van der Waals surface area contributed by atoms with E-state index in [0.717, 1.165) is 50.2 Å². The molecule has 0 aliphatic rings. The van der Waals surface area contributed by atoms with Crippen molar-refractivity contribution < 1.29 is 4.42 Å². The van der Waals surface area contributed by atoms with Gasteiger partial charge in [-0.3, -0.25) is 0 Å². The maximum absolute atomic E-state index is 6.38. The standard InChI is InChI=1S/C44H28N2O/c1-2-14-32(15-3-1)46-39-26-22-30-12-6-7-16-35(30)43(39)36-25-24-34(28-40(36)46)45(33-23-21-29-11-4-5-13-31(29)27-33)38-18-10-20-42-44(38)37-17-8-9-19-41(37)47-42/h1-28H. The molecular weight excluding hydrogens is 572 g/mol. The van der Waals surface area contributed by atoms with Crippen molar-refractivity contribution in [2.45, 2.75) is 0 Å². The summed E-state index contributed by atoms with van der Waals surface area (Å²) in [5.41, 5.74) is 8.51. The monoisotopic (exact) mass is 600 g/mol. The number of hydrogen-bond acceptors (Lipinski definition) is 2. The van der Waals surface area contributed by atoms with Crippen molar-refractivity contribution in [2.24, 2.45) is 0 Å². The second-order valence-electron chi connectivity index (χ2n) is 12.2. The second kappa shape index (κ2) is 10.1. The molecule has 0 atom stereocenters. The van der Waals surface area contributed by atoms with Crippen molar-refractivity contribution in [3.63, 3.8) is 0 Å². The number of hydrogen-bond donors (Lipinski definition) is 0. The van der Waals surface area contributed by atoms with Crippen LogP contribution in [0.25, 0.3) is 71.0 Å². The van der Waals surface area contributed by atoms with Crippen molar-refractivity contribution in [3.05, 3.63) is 170 Å². The van der Waals surface area contributed by atoms with Gasteiger partial charge in [-0.1, -0.05) is 109 Å². The van der Waals surface area contributed by atoms with Gasteiger partial charge in [0.1, 0.15) is 11.2 Å². The first-order valence-corrected chi connectivity index (χ1v) is 16.0. The van der Waals surface area contributed by atoms with E-state index < -0.39 is 0 Å². The highest BCUT2D eigenvalue weighted by Gasteiger charge is 2.22. The Morgan fingerprint density at radius 2 is 1.09 bits per heavy atom. The molecule has 3 nitrogen and oxygen atoms in total. The van der Waals surface area contributed by atoms with Crippen LogP contribution in [0.5, 0.6) is 0 Å². The molecule has 47 heavy (non-hydrogen) atoms. The number of anilines is 3. The minimum Gasteiger partial charge on any atom is -0.456 e. The molecule has 2 aromatic heterocycles. The van der Waals surface area contributed by atoms with Gasteiger partial charge in [0, 0.05) is 33.2 Å². The second-order valence-corrected chi connectivity index (χ2v) is 12.2. The summed E-state index contributed by atoms with van der Waals surface area (Å²) >= 11 is 0. The van der Waals surface area contributed by atoms with E-state index in [-0.39, 0.29) is 0 Å². The van der Waals surface area contributed by atoms with Crippen molar-refractivity contribution >= 4 is 82.4 Å². The summed E-state index contributed by atoms with van der Waals surface area (Å²) in [7, 11) is 0. The molecule has 0 fully saturated rings. The highest BCUT2D eigenvalue weighted by molar-refractivity contribution is 6.22. The third kappa shape index (κ3) is 3.93. The van der Waals surface area contributed by atoms with Crippen LogP contribution in [0.4, 0.5) is 17.1 Å². The van der Waals surface area contributed by atoms with Crippen LogP contribution in [0.3, 0.4) is 0 Å². The average molecular weight is 601 g/mol. The Kier molecular flexibility index (Phi) is 5.57. The Balaban J connectivity index is 1.32. The Morgan fingerprint density at radius 1 is 0.404 bits per heavy atom. The quantitative estimate of drug-likeness (QED) is 0.200. The lowest BCUT2D eigenvalue weighted by Gasteiger charge is -2.27. The van der Waals surface area contributed by atoms with Crippen molar-refractivity contribution in [1.82, 2.24) is 4.57 Å². The Labute approximate surface area is 271 Å². The fourth-order valence-corrected chi connectivity index (χ4v) is 7.46. The van der Waals surface area contributed by atoms with Crippen LogP contribution in [-0.2, 0) is 0 Å². The SMILES string of the molecule is c1ccc(-n2c3cc(N(c4ccc5ccccc5c4)c4cccc5oc6ccccc6c45)ccc3c3c4ccccc4ccc32)cc1. The number of nitrogens with zero attached hydrogens (tertiary/aromatic N) is 2. The highest BCUT2D eigenvalue weighted by Crippen LogP contribution is 2.45. The molecule has 0 aliphatic heterocycles. The van der Waals surface area contributed by atoms with Gasteiger partial charge in [0.25, 0.3) is 0 Å². The first-order valence-electron chi connectivity index (χ1n) is 16.0. The van der Waals surface area contributed by atoms with E-state index in [1.54, 1.807) is 0 Å². The highest BCUT2D eigenvalue weighted by atomic mass is 16.3. The minimum atomic E-state index is 0.875. The number of benzene rings is 8. The molecule has 0 radical (unpaired) electrons. The predicted octanol–water partition coefficient (Wildman–Crippen LogP) is 12.5. The third-order valence-corrected chi connectivity index (χ3v) is 9.52. The van der Waals surface area contributed by atoms with Crippen LogP contribution < -0.4 is 4.90 Å². The number of fused-ring (bicyclic) bond motifs is 9. The van der Waals surface area contributed by atoms with Gasteiger partial charge >= 0.3 is 0 Å². The number of para-hydroxylation sites is 2. The molecule has 0 saturated heterocycles. The fourth-order valence-electron chi connectivity index (χ4n) is 7.46. The third-order valence-electron chi connectivity index (χ3n) is 9.52. The van der Waals surface area contributed by atoms with Gasteiger partial charge in [-0.05, 0) is 82.2 Å². The summed E-state index contributed by atoms with van der Waals surface area (Å²) < 4.78 is 8.79. The molecule has 8 aromatic carbocycles. The fraction of sp³-hybridized carbons (Fsp3) is 0. The van der Waals surface area contributed by atoms with E-state index in [1.807, 2.05) is 12.1 Å². The largest absolute Gasteiger partial charge is 0.456 e. The van der Waals surface area contributed by atoms with E-state index in [4.69, 9.17) is 4.42 Å². The molecule has 0 saturated carbocycles. The van der Waals surface area contributed by atoms with Gasteiger partial charge in [-0.2, -0.15) is 0 Å². The minimum absolute atomic E-state index is 0.875. The number of rotatable bonds is 4. The Hall–Kier alpha value is -6.32. The summed E-state index contributed by atoms with van der Waals surface area (Å²) in [4.78, 5) is 2.39. The lowest BCUT2D eigenvalue weighted by atomic mass is 10.0. The maximum atomic E-state index is 6.38. The van der Waals surface area contributed by atoms with Gasteiger partial charge in [0.2, 0.25) is 0 Å². The first kappa shape index (κ1) is 26.0. The van der Waals surface area contributed by atoms with Crippen LogP contribution in [0, 0.1) is 0 Å². The van der Waals surface area contributed by atoms with Gasteiger partial charge in [0.05, 0.1) is 22.1 Å². The van der Waals surface area contributed by atoms with Crippen molar-refractivity contribution in [1.29, 1.82) is 0 Å². The topological polar surface area (TPSA) is 21.3 Å². The van der Waals surface area contributed by atoms with Gasteiger partial charge < -0.3 is 13.9 Å². The first-order chi connectivity index (χ1) is 23.3. The lowest BCUT2D eigenvalue weighted by molar-refractivity contribution is 0.669. The van der Waals surface area contributed by atoms with Gasteiger partial charge in [-0.15, -0.1) is 0 Å². The molecule has 0 bridgehead atoms. The van der Waals surface area contributed by atoms with Crippen LogP contribution in [0.1, 0.15) is 0 Å². The molecule has 0 spiro atoms. The Bertz CT molecular complexity index is 2810. The molecule has 220 valence electrons. The smallest absolute Gasteiger partial charge is 0.137 e. The van der Waals surface area contributed by atoms with Crippen molar-refractivity contribution in [2.75, 3.05) is 4.90 Å². The molecule has 10 aromatic rings. The number of aromatic nitrogens is 1. The van der Waals surface area contributed by atoms with E-state index in [0.29, 0.717) is 0 Å². The average Bonchev–Trinajstić information content (AvgIpc) is 3.68. The molecule has 0 unspecified atom stereocenters. The zero-order chi connectivity index (χ0) is 30.9. The molecule has 0 amide bonds. The van der Waals surface area contributed by atoms with Crippen LogP contribution in [-0.4, -0.2) is 4.57 Å². The van der Waals surface area contributed by atoms with Crippen LogP contribution >= 0.6 is 0 Å². The van der Waals surface area contributed by atoms with E-state index in [2.05, 4.69) is 167 Å². The zero-order valence-electron chi connectivity index (χ0n) is 25.5.